The lowest BCUT2D eigenvalue weighted by atomic mass is 9.91. The van der Waals surface area contributed by atoms with Crippen LogP contribution in [-0.2, 0) is 16.1 Å². The molecule has 0 spiro atoms. The van der Waals surface area contributed by atoms with Gasteiger partial charge >= 0.3 is 0 Å². The van der Waals surface area contributed by atoms with Crippen LogP contribution in [0, 0.1) is 12.8 Å². The summed E-state index contributed by atoms with van der Waals surface area (Å²) in [5, 5.41) is 6.32. The first-order valence-electron chi connectivity index (χ1n) is 8.89. The summed E-state index contributed by atoms with van der Waals surface area (Å²) in [7, 11) is 1.63. The molecular weight excluding hydrogens is 340 g/mol. The zero-order valence-electron chi connectivity index (χ0n) is 15.1. The molecule has 1 aliphatic heterocycles. The second kappa shape index (κ2) is 8.88. The Kier molecular flexibility index (Phi) is 7.11. The maximum atomic E-state index is 12.7. The summed E-state index contributed by atoms with van der Waals surface area (Å²) in [4.78, 5) is 12.7. The smallest absolute Gasteiger partial charge is 0.252 e. The zero-order valence-corrected chi connectivity index (χ0v) is 15.9. The second-order valence-corrected chi connectivity index (χ2v) is 7.00. The maximum Gasteiger partial charge on any atom is 0.252 e. The first kappa shape index (κ1) is 20.0. The summed E-state index contributed by atoms with van der Waals surface area (Å²) >= 11 is 0. The number of benzene rings is 1. The van der Waals surface area contributed by atoms with Crippen LogP contribution in [0.25, 0.3) is 0 Å². The fourth-order valence-corrected chi connectivity index (χ4v) is 3.13. The number of rotatable bonds is 7. The van der Waals surface area contributed by atoms with Crippen molar-refractivity contribution in [2.45, 2.75) is 44.8 Å². The Morgan fingerprint density at radius 3 is 2.68 bits per heavy atom. The molecule has 1 saturated heterocycles. The quantitative estimate of drug-likeness (QED) is 0.776. The topological polar surface area (TPSA) is 59.6 Å². The van der Waals surface area contributed by atoms with Crippen molar-refractivity contribution in [3.05, 3.63) is 29.3 Å². The van der Waals surface area contributed by atoms with Crippen LogP contribution >= 0.6 is 12.4 Å². The van der Waals surface area contributed by atoms with Crippen molar-refractivity contribution >= 4 is 18.3 Å². The van der Waals surface area contributed by atoms with Gasteiger partial charge in [0.25, 0.3) is 5.91 Å². The van der Waals surface area contributed by atoms with E-state index in [2.05, 4.69) is 29.7 Å². The highest BCUT2D eigenvalue weighted by Gasteiger charge is 2.39. The maximum absolute atomic E-state index is 12.7. The first-order chi connectivity index (χ1) is 11.6. The standard InChI is InChI=1S/C19H28N2O3.ClH/c1-14-3-6-16(17(11-14)24-13-15-4-5-15)12-21-18(22)19(23-2)7-9-20-10-8-19;/h3,6,11,15,20H,4-5,7-10,12-13H2,1-2H3,(H,21,22);1H. The molecule has 1 aromatic carbocycles. The largest absolute Gasteiger partial charge is 0.493 e. The third-order valence-corrected chi connectivity index (χ3v) is 5.05. The molecule has 1 heterocycles. The van der Waals surface area contributed by atoms with E-state index in [4.69, 9.17) is 9.47 Å². The number of halogens is 1. The van der Waals surface area contributed by atoms with E-state index in [1.165, 1.54) is 18.4 Å². The summed E-state index contributed by atoms with van der Waals surface area (Å²) in [6.45, 7) is 4.92. The van der Waals surface area contributed by atoms with Crippen LogP contribution in [0.15, 0.2) is 18.2 Å². The molecule has 140 valence electrons. The number of amides is 1. The third kappa shape index (κ3) is 5.09. The molecule has 25 heavy (non-hydrogen) atoms. The van der Waals surface area contributed by atoms with E-state index in [9.17, 15) is 4.79 Å². The molecule has 0 aromatic heterocycles. The molecule has 0 atom stereocenters. The summed E-state index contributed by atoms with van der Waals surface area (Å²) in [6.07, 6.45) is 3.94. The molecule has 3 rings (SSSR count). The van der Waals surface area contributed by atoms with E-state index in [1.54, 1.807) is 7.11 Å². The SMILES string of the molecule is COC1(C(=O)NCc2ccc(C)cc2OCC2CC2)CCNCC1.Cl. The van der Waals surface area contributed by atoms with Crippen molar-refractivity contribution in [2.75, 3.05) is 26.8 Å². The number of methoxy groups -OCH3 is 1. The van der Waals surface area contributed by atoms with E-state index in [0.29, 0.717) is 25.3 Å². The summed E-state index contributed by atoms with van der Waals surface area (Å²) < 4.78 is 11.6. The van der Waals surface area contributed by atoms with Gasteiger partial charge in [0.05, 0.1) is 6.61 Å². The monoisotopic (exact) mass is 368 g/mol. The second-order valence-electron chi connectivity index (χ2n) is 7.00. The van der Waals surface area contributed by atoms with Crippen molar-refractivity contribution < 1.29 is 14.3 Å². The highest BCUT2D eigenvalue weighted by molar-refractivity contribution is 5.85. The first-order valence-corrected chi connectivity index (χ1v) is 8.89. The number of hydrogen-bond acceptors (Lipinski definition) is 4. The zero-order chi connectivity index (χ0) is 17.0. The van der Waals surface area contributed by atoms with Gasteiger partial charge in [0.15, 0.2) is 0 Å². The number of carbonyl (C=O) groups is 1. The van der Waals surface area contributed by atoms with E-state index in [0.717, 1.165) is 31.0 Å². The number of hydrogen-bond donors (Lipinski definition) is 2. The minimum Gasteiger partial charge on any atom is -0.493 e. The Bertz CT molecular complexity index is 584. The van der Waals surface area contributed by atoms with Crippen molar-refractivity contribution in [3.8, 4) is 5.75 Å². The lowest BCUT2D eigenvalue weighted by Gasteiger charge is -2.34. The van der Waals surface area contributed by atoms with Gasteiger partial charge in [-0.3, -0.25) is 4.79 Å². The fraction of sp³-hybridized carbons (Fsp3) is 0.632. The van der Waals surface area contributed by atoms with Crippen LogP contribution < -0.4 is 15.4 Å². The molecule has 5 nitrogen and oxygen atoms in total. The molecule has 0 unspecified atom stereocenters. The molecule has 1 amide bonds. The average Bonchev–Trinajstić information content (AvgIpc) is 3.43. The van der Waals surface area contributed by atoms with Gasteiger partial charge in [-0.15, -0.1) is 12.4 Å². The van der Waals surface area contributed by atoms with Gasteiger partial charge in [-0.25, -0.2) is 0 Å². The van der Waals surface area contributed by atoms with Gasteiger partial charge in [0.2, 0.25) is 0 Å². The Balaban J connectivity index is 0.00000225. The molecule has 1 aliphatic carbocycles. The number of nitrogens with one attached hydrogen (secondary N) is 2. The predicted molar refractivity (Wildman–Crippen MR) is 100 cm³/mol. The van der Waals surface area contributed by atoms with Crippen LogP contribution in [-0.4, -0.2) is 38.3 Å². The Hall–Kier alpha value is -1.30. The highest BCUT2D eigenvalue weighted by Crippen LogP contribution is 2.31. The average molecular weight is 369 g/mol. The number of aryl methyl sites for hydroxylation is 1. The molecule has 6 heteroatoms. The Morgan fingerprint density at radius 1 is 1.32 bits per heavy atom. The van der Waals surface area contributed by atoms with Crippen LogP contribution in [0.5, 0.6) is 5.75 Å². The molecule has 2 aliphatic rings. The Morgan fingerprint density at radius 2 is 2.04 bits per heavy atom. The highest BCUT2D eigenvalue weighted by atomic mass is 35.5. The van der Waals surface area contributed by atoms with Crippen LogP contribution in [0.1, 0.15) is 36.8 Å². The van der Waals surface area contributed by atoms with Crippen LogP contribution in [0.2, 0.25) is 0 Å². The van der Waals surface area contributed by atoms with E-state index < -0.39 is 5.60 Å². The summed E-state index contributed by atoms with van der Waals surface area (Å²) in [5.41, 5.74) is 1.49. The minimum absolute atomic E-state index is 0. The van der Waals surface area contributed by atoms with Gasteiger partial charge in [0.1, 0.15) is 11.4 Å². The third-order valence-electron chi connectivity index (χ3n) is 5.05. The van der Waals surface area contributed by atoms with Crippen molar-refractivity contribution in [1.29, 1.82) is 0 Å². The van der Waals surface area contributed by atoms with Gasteiger partial charge < -0.3 is 20.1 Å². The van der Waals surface area contributed by atoms with Crippen molar-refractivity contribution in [2.24, 2.45) is 5.92 Å². The van der Waals surface area contributed by atoms with Crippen molar-refractivity contribution in [1.82, 2.24) is 10.6 Å². The molecule has 2 fully saturated rings. The lowest BCUT2D eigenvalue weighted by molar-refractivity contribution is -0.146. The number of ether oxygens (including phenoxy) is 2. The minimum atomic E-state index is -0.703. The van der Waals surface area contributed by atoms with Crippen LogP contribution in [0.3, 0.4) is 0 Å². The van der Waals surface area contributed by atoms with Gasteiger partial charge in [-0.1, -0.05) is 12.1 Å². The lowest BCUT2D eigenvalue weighted by Crippen LogP contribution is -2.53. The fourth-order valence-electron chi connectivity index (χ4n) is 3.13. The molecule has 1 saturated carbocycles. The van der Waals surface area contributed by atoms with Crippen LogP contribution in [0.4, 0.5) is 0 Å². The Labute approximate surface area is 156 Å². The van der Waals surface area contributed by atoms with Crippen molar-refractivity contribution in [3.63, 3.8) is 0 Å². The molecule has 0 bridgehead atoms. The molecule has 1 aromatic rings. The number of piperidine rings is 1. The van der Waals surface area contributed by atoms with Gasteiger partial charge in [-0.05, 0) is 63.2 Å². The van der Waals surface area contributed by atoms with E-state index in [1.807, 2.05) is 6.07 Å². The molecule has 0 radical (unpaired) electrons. The molecule has 2 N–H and O–H groups in total. The van der Waals surface area contributed by atoms with Gasteiger partial charge in [-0.2, -0.15) is 0 Å². The molecular formula is C19H29ClN2O3. The van der Waals surface area contributed by atoms with Gasteiger partial charge in [0, 0.05) is 19.2 Å². The number of carbonyl (C=O) groups excluding carboxylic acids is 1. The summed E-state index contributed by atoms with van der Waals surface area (Å²) in [5.74, 6) is 1.57. The predicted octanol–water partition coefficient (Wildman–Crippen LogP) is 2.59. The van der Waals surface area contributed by atoms with E-state index in [-0.39, 0.29) is 18.3 Å². The van der Waals surface area contributed by atoms with E-state index >= 15 is 0 Å². The normalized spacial score (nSPS) is 19.0. The summed E-state index contributed by atoms with van der Waals surface area (Å²) in [6, 6.07) is 6.16.